The summed E-state index contributed by atoms with van der Waals surface area (Å²) in [4.78, 5) is 2.40. The lowest BCUT2D eigenvalue weighted by molar-refractivity contribution is 0.255. The minimum absolute atomic E-state index is 0.248. The second kappa shape index (κ2) is 5.85. The number of nitrogens with zero attached hydrogens (tertiary/aromatic N) is 1. The summed E-state index contributed by atoms with van der Waals surface area (Å²) in [5.74, 6) is 0. The van der Waals surface area contributed by atoms with Crippen molar-refractivity contribution in [2.45, 2.75) is 25.4 Å². The molecule has 2 N–H and O–H groups in total. The Bertz CT molecular complexity index is 372. The van der Waals surface area contributed by atoms with Crippen molar-refractivity contribution in [1.29, 1.82) is 0 Å². The Labute approximate surface area is 111 Å². The van der Waals surface area contributed by atoms with Gasteiger partial charge in [-0.05, 0) is 31.5 Å². The van der Waals surface area contributed by atoms with Gasteiger partial charge in [-0.1, -0.05) is 22.0 Å². The molecule has 4 heteroatoms. The summed E-state index contributed by atoms with van der Waals surface area (Å²) >= 11 is 3.51. The Balaban J connectivity index is 2.12. The van der Waals surface area contributed by atoms with Crippen LogP contribution in [0.3, 0.4) is 0 Å². The number of halogens is 1. The van der Waals surface area contributed by atoms with E-state index >= 15 is 0 Å². The first-order valence-corrected chi connectivity index (χ1v) is 6.86. The minimum Gasteiger partial charge on any atom is -0.396 e. The molecule has 0 bridgehead atoms. The number of rotatable bonds is 3. The van der Waals surface area contributed by atoms with Crippen LogP contribution in [0.5, 0.6) is 0 Å². The quantitative estimate of drug-likeness (QED) is 0.896. The zero-order chi connectivity index (χ0) is 12.3. The van der Waals surface area contributed by atoms with Gasteiger partial charge in [0.1, 0.15) is 0 Å². The molecular weight excluding hydrogens is 280 g/mol. The highest BCUT2D eigenvalue weighted by Crippen LogP contribution is 2.23. The van der Waals surface area contributed by atoms with Gasteiger partial charge >= 0.3 is 0 Å². The Morgan fingerprint density at radius 3 is 3.06 bits per heavy atom. The van der Waals surface area contributed by atoms with Crippen LogP contribution in [0.15, 0.2) is 28.7 Å². The van der Waals surface area contributed by atoms with Crippen LogP contribution in [0.2, 0.25) is 0 Å². The van der Waals surface area contributed by atoms with Gasteiger partial charge in [0, 0.05) is 41.9 Å². The van der Waals surface area contributed by atoms with Crippen molar-refractivity contribution in [3.05, 3.63) is 28.7 Å². The highest BCUT2D eigenvalue weighted by atomic mass is 79.9. The summed E-state index contributed by atoms with van der Waals surface area (Å²) in [6.45, 7) is 4.40. The first-order valence-electron chi connectivity index (χ1n) is 6.07. The molecule has 1 saturated heterocycles. The third-order valence-electron chi connectivity index (χ3n) is 3.27. The highest BCUT2D eigenvalue weighted by Gasteiger charge is 2.24. The van der Waals surface area contributed by atoms with Gasteiger partial charge < -0.3 is 15.3 Å². The van der Waals surface area contributed by atoms with Gasteiger partial charge in [-0.3, -0.25) is 0 Å². The number of aliphatic hydroxyl groups is 1. The molecule has 2 atom stereocenters. The van der Waals surface area contributed by atoms with Crippen LogP contribution in [0.1, 0.15) is 13.3 Å². The third-order valence-corrected chi connectivity index (χ3v) is 3.76. The molecule has 94 valence electrons. The standard InChI is InChI=1S/C13H19BrN2O/c1-10-8-15-12(5-6-17)9-16(10)13-4-2-3-11(14)7-13/h2-4,7,10,12,15,17H,5-6,8-9H2,1H3. The van der Waals surface area contributed by atoms with Gasteiger partial charge in [0.25, 0.3) is 0 Å². The molecule has 1 aliphatic rings. The van der Waals surface area contributed by atoms with Gasteiger partial charge in [0.15, 0.2) is 0 Å². The van der Waals surface area contributed by atoms with Crippen LogP contribution < -0.4 is 10.2 Å². The molecule has 0 radical (unpaired) electrons. The van der Waals surface area contributed by atoms with Crippen LogP contribution in [-0.2, 0) is 0 Å². The molecule has 3 nitrogen and oxygen atoms in total. The van der Waals surface area contributed by atoms with Crippen molar-refractivity contribution in [2.24, 2.45) is 0 Å². The van der Waals surface area contributed by atoms with Crippen LogP contribution in [0.4, 0.5) is 5.69 Å². The van der Waals surface area contributed by atoms with Crippen molar-refractivity contribution in [1.82, 2.24) is 5.32 Å². The highest BCUT2D eigenvalue weighted by molar-refractivity contribution is 9.10. The predicted molar refractivity (Wildman–Crippen MR) is 74.4 cm³/mol. The molecule has 17 heavy (non-hydrogen) atoms. The Kier molecular flexibility index (Phi) is 4.42. The largest absolute Gasteiger partial charge is 0.396 e. The Morgan fingerprint density at radius 2 is 2.35 bits per heavy atom. The first kappa shape index (κ1) is 12.9. The van der Waals surface area contributed by atoms with Crippen LogP contribution >= 0.6 is 15.9 Å². The van der Waals surface area contributed by atoms with Crippen molar-refractivity contribution < 1.29 is 5.11 Å². The van der Waals surface area contributed by atoms with E-state index in [1.807, 2.05) is 6.07 Å². The lowest BCUT2D eigenvalue weighted by atomic mass is 10.1. The average molecular weight is 299 g/mol. The van der Waals surface area contributed by atoms with E-state index < -0.39 is 0 Å². The van der Waals surface area contributed by atoms with E-state index in [-0.39, 0.29) is 6.61 Å². The lowest BCUT2D eigenvalue weighted by Gasteiger charge is -2.40. The fourth-order valence-corrected chi connectivity index (χ4v) is 2.68. The molecule has 2 rings (SSSR count). The maximum atomic E-state index is 9.02. The lowest BCUT2D eigenvalue weighted by Crippen LogP contribution is -2.55. The van der Waals surface area contributed by atoms with Crippen LogP contribution in [0.25, 0.3) is 0 Å². The summed E-state index contributed by atoms with van der Waals surface area (Å²) in [6.07, 6.45) is 0.817. The molecule has 0 saturated carbocycles. The molecule has 1 aliphatic heterocycles. The maximum Gasteiger partial charge on any atom is 0.0446 e. The zero-order valence-corrected chi connectivity index (χ0v) is 11.7. The summed E-state index contributed by atoms with van der Waals surface area (Å²) in [6, 6.07) is 9.27. The maximum absolute atomic E-state index is 9.02. The van der Waals surface area contributed by atoms with Crippen molar-refractivity contribution >= 4 is 21.6 Å². The summed E-state index contributed by atoms with van der Waals surface area (Å²) in [5, 5.41) is 12.5. The molecule has 1 aromatic carbocycles. The summed E-state index contributed by atoms with van der Waals surface area (Å²) < 4.78 is 1.11. The van der Waals surface area contributed by atoms with Crippen LogP contribution in [-0.4, -0.2) is 36.9 Å². The Morgan fingerprint density at radius 1 is 1.53 bits per heavy atom. The minimum atomic E-state index is 0.248. The second-order valence-electron chi connectivity index (χ2n) is 4.60. The van der Waals surface area contributed by atoms with E-state index in [1.165, 1.54) is 5.69 Å². The molecule has 1 fully saturated rings. The van der Waals surface area contributed by atoms with Gasteiger partial charge in [-0.2, -0.15) is 0 Å². The average Bonchev–Trinajstić information content (AvgIpc) is 2.32. The van der Waals surface area contributed by atoms with E-state index in [2.05, 4.69) is 51.3 Å². The molecule has 0 amide bonds. The topological polar surface area (TPSA) is 35.5 Å². The molecule has 1 heterocycles. The second-order valence-corrected chi connectivity index (χ2v) is 5.51. The van der Waals surface area contributed by atoms with Crippen molar-refractivity contribution in [2.75, 3.05) is 24.6 Å². The monoisotopic (exact) mass is 298 g/mol. The molecular formula is C13H19BrN2O. The van der Waals surface area contributed by atoms with E-state index in [4.69, 9.17) is 5.11 Å². The molecule has 0 aliphatic carbocycles. The van der Waals surface area contributed by atoms with Gasteiger partial charge in [-0.15, -0.1) is 0 Å². The van der Waals surface area contributed by atoms with Crippen molar-refractivity contribution in [3.8, 4) is 0 Å². The van der Waals surface area contributed by atoms with E-state index in [0.29, 0.717) is 12.1 Å². The Hall–Kier alpha value is -0.580. The zero-order valence-electron chi connectivity index (χ0n) is 10.1. The number of piperazine rings is 1. The number of nitrogens with one attached hydrogen (secondary N) is 1. The number of aliphatic hydroxyl groups excluding tert-OH is 1. The molecule has 0 aromatic heterocycles. The number of benzene rings is 1. The summed E-state index contributed by atoms with van der Waals surface area (Å²) in [7, 11) is 0. The van der Waals surface area contributed by atoms with Gasteiger partial charge in [0.2, 0.25) is 0 Å². The number of hydrogen-bond acceptors (Lipinski definition) is 3. The summed E-state index contributed by atoms with van der Waals surface area (Å²) in [5.41, 5.74) is 1.25. The smallest absolute Gasteiger partial charge is 0.0446 e. The van der Waals surface area contributed by atoms with E-state index in [9.17, 15) is 0 Å². The van der Waals surface area contributed by atoms with Gasteiger partial charge in [-0.25, -0.2) is 0 Å². The predicted octanol–water partition coefficient (Wildman–Crippen LogP) is 2.00. The SMILES string of the molecule is CC1CNC(CCO)CN1c1cccc(Br)c1. The van der Waals surface area contributed by atoms with Crippen molar-refractivity contribution in [3.63, 3.8) is 0 Å². The normalized spacial score (nSPS) is 25.0. The van der Waals surface area contributed by atoms with E-state index in [0.717, 1.165) is 24.0 Å². The fourth-order valence-electron chi connectivity index (χ4n) is 2.29. The first-order chi connectivity index (χ1) is 8.20. The number of hydrogen-bond donors (Lipinski definition) is 2. The third kappa shape index (κ3) is 3.21. The van der Waals surface area contributed by atoms with E-state index in [1.54, 1.807) is 0 Å². The molecule has 0 spiro atoms. The molecule has 1 aromatic rings. The molecule has 2 unspecified atom stereocenters. The fraction of sp³-hybridized carbons (Fsp3) is 0.538. The number of anilines is 1. The van der Waals surface area contributed by atoms with Crippen LogP contribution in [0, 0.1) is 0 Å². The van der Waals surface area contributed by atoms with Gasteiger partial charge in [0.05, 0.1) is 0 Å².